The molecule has 0 radical (unpaired) electrons. The SMILES string of the molecule is O=C(COC(=O)CCC(=O)c1ccc2c(c1)OCCCO2)NC(=O)NC1CCCC1. The third-order valence-corrected chi connectivity index (χ3v) is 4.93. The summed E-state index contributed by atoms with van der Waals surface area (Å²) < 4.78 is 15.9. The van der Waals surface area contributed by atoms with Gasteiger partial charge in [-0.3, -0.25) is 19.7 Å². The van der Waals surface area contributed by atoms with Gasteiger partial charge in [-0.15, -0.1) is 0 Å². The van der Waals surface area contributed by atoms with Crippen LogP contribution in [-0.4, -0.2) is 49.6 Å². The third-order valence-electron chi connectivity index (χ3n) is 4.93. The fourth-order valence-corrected chi connectivity index (χ4v) is 3.37. The molecule has 2 aliphatic rings. The maximum Gasteiger partial charge on any atom is 0.321 e. The maximum atomic E-state index is 12.3. The van der Waals surface area contributed by atoms with Crippen LogP contribution in [0.3, 0.4) is 0 Å². The Morgan fingerprint density at radius 3 is 2.47 bits per heavy atom. The maximum absolute atomic E-state index is 12.3. The number of ether oxygens (including phenoxy) is 3. The van der Waals surface area contributed by atoms with Gasteiger partial charge in [0.2, 0.25) is 0 Å². The minimum absolute atomic E-state index is 0.0672. The van der Waals surface area contributed by atoms with Crippen molar-refractivity contribution in [2.75, 3.05) is 19.8 Å². The minimum Gasteiger partial charge on any atom is -0.490 e. The molecule has 1 aromatic carbocycles. The molecule has 1 aromatic rings. The molecule has 1 heterocycles. The second-order valence-electron chi connectivity index (χ2n) is 7.30. The Bertz CT molecular complexity index is 803. The highest BCUT2D eigenvalue weighted by Crippen LogP contribution is 2.30. The van der Waals surface area contributed by atoms with Gasteiger partial charge in [0.1, 0.15) is 0 Å². The van der Waals surface area contributed by atoms with Gasteiger partial charge in [0.25, 0.3) is 5.91 Å². The zero-order valence-corrected chi connectivity index (χ0v) is 16.7. The van der Waals surface area contributed by atoms with Gasteiger partial charge >= 0.3 is 12.0 Å². The highest BCUT2D eigenvalue weighted by molar-refractivity contribution is 5.98. The molecule has 1 saturated carbocycles. The van der Waals surface area contributed by atoms with Crippen LogP contribution in [0.5, 0.6) is 11.5 Å². The molecule has 0 bridgehead atoms. The van der Waals surface area contributed by atoms with Crippen LogP contribution in [0.2, 0.25) is 0 Å². The molecule has 3 amide bonds. The zero-order valence-electron chi connectivity index (χ0n) is 16.7. The second-order valence-corrected chi connectivity index (χ2v) is 7.30. The molecule has 0 unspecified atom stereocenters. The number of ketones is 1. The number of amides is 3. The fraction of sp³-hybridized carbons (Fsp3) is 0.524. The number of hydrogen-bond acceptors (Lipinski definition) is 7. The summed E-state index contributed by atoms with van der Waals surface area (Å²) in [6.07, 6.45) is 4.43. The number of imide groups is 1. The van der Waals surface area contributed by atoms with Gasteiger partial charge in [-0.05, 0) is 31.0 Å². The number of Topliss-reactive ketones (excluding diaryl/α,β-unsaturated/α-hetero) is 1. The number of carbonyl (C=O) groups is 4. The smallest absolute Gasteiger partial charge is 0.321 e. The van der Waals surface area contributed by atoms with Crippen LogP contribution in [0.4, 0.5) is 4.79 Å². The highest BCUT2D eigenvalue weighted by Gasteiger charge is 2.19. The Kier molecular flexibility index (Phi) is 7.64. The highest BCUT2D eigenvalue weighted by atomic mass is 16.5. The lowest BCUT2D eigenvalue weighted by atomic mass is 10.1. The van der Waals surface area contributed by atoms with Crippen LogP contribution in [0, 0.1) is 0 Å². The molecule has 1 aliphatic heterocycles. The molecule has 9 heteroatoms. The van der Waals surface area contributed by atoms with Crippen LogP contribution in [0.25, 0.3) is 0 Å². The summed E-state index contributed by atoms with van der Waals surface area (Å²) >= 11 is 0. The number of hydrogen-bond donors (Lipinski definition) is 2. The van der Waals surface area contributed by atoms with Crippen molar-refractivity contribution in [3.05, 3.63) is 23.8 Å². The molecule has 2 N–H and O–H groups in total. The Hall–Kier alpha value is -3.10. The molecule has 0 aromatic heterocycles. The van der Waals surface area contributed by atoms with Gasteiger partial charge in [-0.2, -0.15) is 0 Å². The van der Waals surface area contributed by atoms with Crippen molar-refractivity contribution < 1.29 is 33.4 Å². The van der Waals surface area contributed by atoms with Crippen molar-refractivity contribution in [3.63, 3.8) is 0 Å². The van der Waals surface area contributed by atoms with E-state index in [9.17, 15) is 19.2 Å². The molecule has 1 fully saturated rings. The van der Waals surface area contributed by atoms with E-state index in [1.807, 2.05) is 0 Å². The number of carbonyl (C=O) groups excluding carboxylic acids is 4. The van der Waals surface area contributed by atoms with Crippen molar-refractivity contribution >= 4 is 23.7 Å². The summed E-state index contributed by atoms with van der Waals surface area (Å²) in [5, 5.41) is 4.83. The van der Waals surface area contributed by atoms with Gasteiger partial charge in [0.15, 0.2) is 23.9 Å². The first-order valence-corrected chi connectivity index (χ1v) is 10.2. The largest absolute Gasteiger partial charge is 0.490 e. The average Bonchev–Trinajstić information content (AvgIpc) is 3.12. The lowest BCUT2D eigenvalue weighted by Crippen LogP contribution is -2.45. The van der Waals surface area contributed by atoms with Crippen molar-refractivity contribution in [1.29, 1.82) is 0 Å². The van der Waals surface area contributed by atoms with E-state index in [4.69, 9.17) is 14.2 Å². The molecule has 9 nitrogen and oxygen atoms in total. The first-order chi connectivity index (χ1) is 14.5. The van der Waals surface area contributed by atoms with E-state index < -0.39 is 24.5 Å². The van der Waals surface area contributed by atoms with Crippen molar-refractivity contribution in [3.8, 4) is 11.5 Å². The van der Waals surface area contributed by atoms with Crippen LogP contribution >= 0.6 is 0 Å². The average molecular weight is 418 g/mol. The van der Waals surface area contributed by atoms with E-state index in [0.29, 0.717) is 30.3 Å². The van der Waals surface area contributed by atoms with Crippen molar-refractivity contribution in [1.82, 2.24) is 10.6 Å². The molecule has 0 saturated heterocycles. The Morgan fingerprint density at radius 2 is 1.70 bits per heavy atom. The van der Waals surface area contributed by atoms with Gasteiger partial charge in [-0.1, -0.05) is 12.8 Å². The normalized spacial score (nSPS) is 15.7. The topological polar surface area (TPSA) is 120 Å². The molecule has 3 rings (SSSR count). The Balaban J connectivity index is 1.36. The fourth-order valence-electron chi connectivity index (χ4n) is 3.37. The summed E-state index contributed by atoms with van der Waals surface area (Å²) in [4.78, 5) is 47.6. The number of urea groups is 1. The van der Waals surface area contributed by atoms with Crippen LogP contribution < -0.4 is 20.1 Å². The van der Waals surface area contributed by atoms with Gasteiger partial charge in [0.05, 0.1) is 19.6 Å². The third kappa shape index (κ3) is 6.47. The minimum atomic E-state index is -0.715. The number of fused-ring (bicyclic) bond motifs is 1. The van der Waals surface area contributed by atoms with E-state index in [1.54, 1.807) is 18.2 Å². The first-order valence-electron chi connectivity index (χ1n) is 10.2. The number of rotatable bonds is 7. The van der Waals surface area contributed by atoms with Crippen molar-refractivity contribution in [2.24, 2.45) is 0 Å². The Labute approximate surface area is 174 Å². The second kappa shape index (κ2) is 10.6. The van der Waals surface area contributed by atoms with Crippen LogP contribution in [-0.2, 0) is 14.3 Å². The summed E-state index contributed by atoms with van der Waals surface area (Å²) in [5.41, 5.74) is 0.411. The number of benzene rings is 1. The molecule has 0 spiro atoms. The summed E-state index contributed by atoms with van der Waals surface area (Å²) in [6.45, 7) is 0.495. The zero-order chi connectivity index (χ0) is 21.3. The molecule has 0 atom stereocenters. The summed E-state index contributed by atoms with van der Waals surface area (Å²) in [7, 11) is 0. The molecular weight excluding hydrogens is 392 g/mol. The predicted molar refractivity (Wildman–Crippen MR) is 106 cm³/mol. The molecule has 30 heavy (non-hydrogen) atoms. The molecular formula is C21H26N2O7. The lowest BCUT2D eigenvalue weighted by Gasteiger charge is -2.12. The van der Waals surface area contributed by atoms with Crippen molar-refractivity contribution in [2.45, 2.75) is 51.0 Å². The van der Waals surface area contributed by atoms with E-state index in [1.165, 1.54) is 0 Å². The predicted octanol–water partition coefficient (Wildman–Crippen LogP) is 2.12. The monoisotopic (exact) mass is 418 g/mol. The first kappa shape index (κ1) is 21.6. The van der Waals surface area contributed by atoms with E-state index >= 15 is 0 Å². The van der Waals surface area contributed by atoms with E-state index in [2.05, 4.69) is 10.6 Å². The number of nitrogens with one attached hydrogen (secondary N) is 2. The van der Waals surface area contributed by atoms with Gasteiger partial charge in [-0.25, -0.2) is 4.79 Å². The number of esters is 1. The standard InChI is InChI=1S/C21H26N2O7/c24-16(14-6-8-17-18(12-14)29-11-3-10-28-17)7-9-20(26)30-13-19(25)23-21(27)22-15-4-1-2-5-15/h6,8,12,15H,1-5,7,9-11,13H2,(H2,22,23,25,27). The van der Waals surface area contributed by atoms with E-state index in [-0.39, 0.29) is 24.7 Å². The van der Waals surface area contributed by atoms with E-state index in [0.717, 1.165) is 32.1 Å². The summed E-state index contributed by atoms with van der Waals surface area (Å²) in [6, 6.07) is 4.39. The lowest BCUT2D eigenvalue weighted by molar-refractivity contribution is -0.148. The molecule has 162 valence electrons. The van der Waals surface area contributed by atoms with Crippen LogP contribution in [0.15, 0.2) is 18.2 Å². The molecule has 1 aliphatic carbocycles. The van der Waals surface area contributed by atoms with Gasteiger partial charge < -0.3 is 19.5 Å². The summed E-state index contributed by atoms with van der Waals surface area (Å²) in [5.74, 6) is -0.556. The van der Waals surface area contributed by atoms with Crippen LogP contribution in [0.1, 0.15) is 55.3 Å². The quantitative estimate of drug-likeness (QED) is 0.514. The van der Waals surface area contributed by atoms with Gasteiger partial charge in [0, 0.05) is 24.4 Å². The Morgan fingerprint density at radius 1 is 0.967 bits per heavy atom.